The maximum Gasteiger partial charge on any atom is 0.223 e. The Morgan fingerprint density at radius 3 is 2.39 bits per heavy atom. The van der Waals surface area contributed by atoms with Gasteiger partial charge in [0.15, 0.2) is 0 Å². The molecule has 0 unspecified atom stereocenters. The van der Waals surface area contributed by atoms with E-state index in [0.717, 1.165) is 46.6 Å². The lowest BCUT2D eigenvalue weighted by atomic mass is 9.88. The van der Waals surface area contributed by atoms with Gasteiger partial charge < -0.3 is 5.32 Å². The molecule has 0 aliphatic heterocycles. The monoisotopic (exact) mass is 414 g/mol. The largest absolute Gasteiger partial charge is 0.352 e. The molecule has 3 aromatic rings. The van der Waals surface area contributed by atoms with Gasteiger partial charge in [-0.25, -0.2) is 9.97 Å². The number of nitrogens with one attached hydrogen (secondary N) is 1. The maximum atomic E-state index is 12.4. The van der Waals surface area contributed by atoms with Crippen molar-refractivity contribution in [3.8, 4) is 22.4 Å². The molecule has 1 saturated carbocycles. The molecule has 31 heavy (non-hydrogen) atoms. The van der Waals surface area contributed by atoms with Gasteiger partial charge in [-0.1, -0.05) is 57.4 Å². The zero-order chi connectivity index (χ0) is 21.6. The van der Waals surface area contributed by atoms with Crippen LogP contribution < -0.4 is 5.32 Å². The second-order valence-corrected chi connectivity index (χ2v) is 8.63. The van der Waals surface area contributed by atoms with Crippen LogP contribution in [0, 0.1) is 5.92 Å². The third kappa shape index (κ3) is 5.16. The van der Waals surface area contributed by atoms with E-state index in [-0.39, 0.29) is 17.7 Å². The van der Waals surface area contributed by atoms with Crippen molar-refractivity contribution in [1.29, 1.82) is 0 Å². The van der Waals surface area contributed by atoms with Gasteiger partial charge in [0.1, 0.15) is 5.82 Å². The van der Waals surface area contributed by atoms with Crippen LogP contribution in [0.3, 0.4) is 0 Å². The smallest absolute Gasteiger partial charge is 0.223 e. The highest BCUT2D eigenvalue weighted by Crippen LogP contribution is 2.31. The van der Waals surface area contributed by atoms with Crippen LogP contribution in [0.15, 0.2) is 55.0 Å². The van der Waals surface area contributed by atoms with Gasteiger partial charge in [0.25, 0.3) is 0 Å². The van der Waals surface area contributed by atoms with E-state index < -0.39 is 0 Å². The Morgan fingerprint density at radius 2 is 1.71 bits per heavy atom. The zero-order valence-electron chi connectivity index (χ0n) is 18.3. The lowest BCUT2D eigenvalue weighted by Gasteiger charge is -2.20. The molecule has 2 aromatic heterocycles. The Bertz CT molecular complexity index is 1010. The van der Waals surface area contributed by atoms with Crippen LogP contribution >= 0.6 is 0 Å². The summed E-state index contributed by atoms with van der Waals surface area (Å²) in [5.41, 5.74) is 5.09. The number of nitrogens with zero attached hydrogens (tertiary/aromatic N) is 3. The molecule has 5 heteroatoms. The number of rotatable bonds is 6. The van der Waals surface area contributed by atoms with Crippen molar-refractivity contribution < 1.29 is 4.79 Å². The molecule has 4 rings (SSSR count). The van der Waals surface area contributed by atoms with Crippen LogP contribution in [-0.4, -0.2) is 20.9 Å². The van der Waals surface area contributed by atoms with Crippen molar-refractivity contribution in [2.24, 2.45) is 5.92 Å². The van der Waals surface area contributed by atoms with Crippen molar-refractivity contribution in [2.45, 2.75) is 58.4 Å². The summed E-state index contributed by atoms with van der Waals surface area (Å²) in [6, 6.07) is 12.3. The Labute approximate surface area is 184 Å². The molecule has 0 spiro atoms. The summed E-state index contributed by atoms with van der Waals surface area (Å²) in [6.45, 7) is 4.76. The molecular formula is C26H30N4O. The van der Waals surface area contributed by atoms with Gasteiger partial charge in [0.2, 0.25) is 5.91 Å². The third-order valence-electron chi connectivity index (χ3n) is 5.99. The molecule has 2 heterocycles. The van der Waals surface area contributed by atoms with Crippen LogP contribution in [0.4, 0.5) is 0 Å². The third-order valence-corrected chi connectivity index (χ3v) is 5.99. The van der Waals surface area contributed by atoms with E-state index in [2.05, 4.69) is 53.4 Å². The predicted octanol–water partition coefficient (Wildman–Crippen LogP) is 5.53. The molecule has 1 amide bonds. The first kappa shape index (κ1) is 21.2. The van der Waals surface area contributed by atoms with Crippen molar-refractivity contribution in [3.05, 3.63) is 66.4 Å². The second kappa shape index (κ2) is 9.82. The highest BCUT2D eigenvalue weighted by Gasteiger charge is 2.20. The van der Waals surface area contributed by atoms with E-state index in [0.29, 0.717) is 6.54 Å². The predicted molar refractivity (Wildman–Crippen MR) is 123 cm³/mol. The second-order valence-electron chi connectivity index (χ2n) is 8.63. The molecule has 160 valence electrons. The van der Waals surface area contributed by atoms with Gasteiger partial charge in [0.05, 0.1) is 5.69 Å². The highest BCUT2D eigenvalue weighted by atomic mass is 16.1. The standard InChI is InChI=1S/C26H30N4O/c1-18(2)25-28-17-23(20-12-14-27-15-13-20)24(30-25)21-10-8-19(9-11-21)16-29-26(31)22-6-4-3-5-7-22/h8-15,17-18,22H,3-7,16H2,1-2H3,(H,29,31). The first-order valence-corrected chi connectivity index (χ1v) is 11.3. The topological polar surface area (TPSA) is 67.8 Å². The number of pyridine rings is 1. The van der Waals surface area contributed by atoms with Crippen molar-refractivity contribution >= 4 is 5.91 Å². The molecule has 0 bridgehead atoms. The Kier molecular flexibility index (Phi) is 6.70. The van der Waals surface area contributed by atoms with E-state index in [1.54, 1.807) is 12.4 Å². The fourth-order valence-electron chi connectivity index (χ4n) is 4.12. The molecule has 1 aromatic carbocycles. The minimum absolute atomic E-state index is 0.186. The van der Waals surface area contributed by atoms with Gasteiger partial charge in [-0.3, -0.25) is 9.78 Å². The summed E-state index contributed by atoms with van der Waals surface area (Å²) in [7, 11) is 0. The highest BCUT2D eigenvalue weighted by molar-refractivity contribution is 5.80. The average molecular weight is 415 g/mol. The molecule has 1 N–H and O–H groups in total. The minimum Gasteiger partial charge on any atom is -0.352 e. The Balaban J connectivity index is 1.54. The normalized spacial score (nSPS) is 14.5. The molecule has 0 saturated heterocycles. The van der Waals surface area contributed by atoms with Crippen molar-refractivity contribution in [1.82, 2.24) is 20.3 Å². The quantitative estimate of drug-likeness (QED) is 0.576. The molecular weight excluding hydrogens is 384 g/mol. The molecule has 1 fully saturated rings. The summed E-state index contributed by atoms with van der Waals surface area (Å²) >= 11 is 0. The maximum absolute atomic E-state index is 12.4. The number of amides is 1. The van der Waals surface area contributed by atoms with Gasteiger partial charge in [-0.2, -0.15) is 0 Å². The number of hydrogen-bond donors (Lipinski definition) is 1. The fraction of sp³-hybridized carbons (Fsp3) is 0.385. The van der Waals surface area contributed by atoms with Gasteiger partial charge in [0, 0.05) is 48.1 Å². The number of hydrogen-bond acceptors (Lipinski definition) is 4. The van der Waals surface area contributed by atoms with E-state index in [4.69, 9.17) is 4.98 Å². The summed E-state index contributed by atoms with van der Waals surface area (Å²) < 4.78 is 0. The summed E-state index contributed by atoms with van der Waals surface area (Å²) in [5, 5.41) is 3.12. The molecule has 5 nitrogen and oxygen atoms in total. The molecule has 0 atom stereocenters. The van der Waals surface area contributed by atoms with Gasteiger partial charge in [-0.05, 0) is 36.1 Å². The fourth-order valence-corrected chi connectivity index (χ4v) is 4.12. The van der Waals surface area contributed by atoms with E-state index in [1.165, 1.54) is 19.3 Å². The van der Waals surface area contributed by atoms with E-state index in [1.807, 2.05) is 18.3 Å². The van der Waals surface area contributed by atoms with Crippen molar-refractivity contribution in [3.63, 3.8) is 0 Å². The van der Waals surface area contributed by atoms with Gasteiger partial charge in [-0.15, -0.1) is 0 Å². The zero-order valence-corrected chi connectivity index (χ0v) is 18.3. The lowest BCUT2D eigenvalue weighted by Crippen LogP contribution is -2.31. The number of carbonyl (C=O) groups is 1. The number of carbonyl (C=O) groups excluding carboxylic acids is 1. The summed E-state index contributed by atoms with van der Waals surface area (Å²) in [6.07, 6.45) is 11.1. The van der Waals surface area contributed by atoms with Crippen LogP contribution in [-0.2, 0) is 11.3 Å². The van der Waals surface area contributed by atoms with Crippen LogP contribution in [0.5, 0.6) is 0 Å². The van der Waals surface area contributed by atoms with E-state index >= 15 is 0 Å². The first-order chi connectivity index (χ1) is 15.1. The molecule has 0 radical (unpaired) electrons. The Hall–Kier alpha value is -3.08. The molecule has 1 aliphatic rings. The van der Waals surface area contributed by atoms with Crippen LogP contribution in [0.25, 0.3) is 22.4 Å². The van der Waals surface area contributed by atoms with Crippen LogP contribution in [0.2, 0.25) is 0 Å². The van der Waals surface area contributed by atoms with Gasteiger partial charge >= 0.3 is 0 Å². The van der Waals surface area contributed by atoms with Crippen LogP contribution in [0.1, 0.15) is 63.3 Å². The Morgan fingerprint density at radius 1 is 1.00 bits per heavy atom. The summed E-state index contributed by atoms with van der Waals surface area (Å²) in [4.78, 5) is 26.0. The van der Waals surface area contributed by atoms with Crippen molar-refractivity contribution in [2.75, 3.05) is 0 Å². The SMILES string of the molecule is CC(C)c1ncc(-c2ccncc2)c(-c2ccc(CNC(=O)C3CCCCC3)cc2)n1. The number of benzene rings is 1. The molecule has 1 aliphatic carbocycles. The number of aromatic nitrogens is 3. The summed E-state index contributed by atoms with van der Waals surface area (Å²) in [5.74, 6) is 1.46. The first-order valence-electron chi connectivity index (χ1n) is 11.3. The lowest BCUT2D eigenvalue weighted by molar-refractivity contribution is -0.126. The van der Waals surface area contributed by atoms with E-state index in [9.17, 15) is 4.79 Å². The minimum atomic E-state index is 0.186. The average Bonchev–Trinajstić information content (AvgIpc) is 2.83.